The van der Waals surface area contributed by atoms with E-state index in [0.29, 0.717) is 20.4 Å². The van der Waals surface area contributed by atoms with Crippen LogP contribution >= 0.6 is 22.9 Å². The zero-order chi connectivity index (χ0) is 19.7. The van der Waals surface area contributed by atoms with Gasteiger partial charge in [-0.15, -0.1) is 0 Å². The van der Waals surface area contributed by atoms with Crippen LogP contribution in [0.3, 0.4) is 0 Å². The van der Waals surface area contributed by atoms with Crippen molar-refractivity contribution in [1.82, 2.24) is 4.98 Å². The summed E-state index contributed by atoms with van der Waals surface area (Å²) in [6.07, 6.45) is 0. The Morgan fingerprint density at radius 3 is 2.46 bits per heavy atom. The lowest BCUT2D eigenvalue weighted by Crippen LogP contribution is -2.30. The molecule has 0 fully saturated rings. The SMILES string of the molecule is O=C(c1ccc(Cl)cc1)N(Cc1ccccc1)c1nc2c(F)cc(F)cc2s1. The van der Waals surface area contributed by atoms with Gasteiger partial charge in [-0.2, -0.15) is 0 Å². The Labute approximate surface area is 168 Å². The lowest BCUT2D eigenvalue weighted by Gasteiger charge is -2.20. The second-order valence-electron chi connectivity index (χ2n) is 6.11. The van der Waals surface area contributed by atoms with Gasteiger partial charge in [0.05, 0.1) is 11.2 Å². The quantitative estimate of drug-likeness (QED) is 0.405. The van der Waals surface area contributed by atoms with Gasteiger partial charge in [0.15, 0.2) is 10.9 Å². The van der Waals surface area contributed by atoms with Crippen molar-refractivity contribution in [2.45, 2.75) is 6.54 Å². The van der Waals surface area contributed by atoms with E-state index in [-0.39, 0.29) is 18.0 Å². The van der Waals surface area contributed by atoms with Crippen molar-refractivity contribution in [1.29, 1.82) is 0 Å². The molecule has 0 spiro atoms. The molecule has 140 valence electrons. The maximum atomic E-state index is 14.1. The third kappa shape index (κ3) is 3.74. The molecule has 7 heteroatoms. The Kier molecular flexibility index (Phi) is 5.07. The first-order valence-electron chi connectivity index (χ1n) is 8.38. The Balaban J connectivity index is 1.79. The fourth-order valence-electron chi connectivity index (χ4n) is 2.80. The molecule has 0 aliphatic carbocycles. The van der Waals surface area contributed by atoms with Crippen LogP contribution in [0.4, 0.5) is 13.9 Å². The molecule has 0 aliphatic rings. The number of carbonyl (C=O) groups excluding carboxylic acids is 1. The minimum Gasteiger partial charge on any atom is -0.279 e. The van der Waals surface area contributed by atoms with E-state index in [2.05, 4.69) is 4.98 Å². The van der Waals surface area contributed by atoms with Gasteiger partial charge in [-0.3, -0.25) is 9.69 Å². The minimum atomic E-state index is -0.754. The van der Waals surface area contributed by atoms with Crippen LogP contribution in [0.25, 0.3) is 10.2 Å². The standard InChI is InChI=1S/C21H13ClF2N2OS/c22-15-8-6-14(7-9-15)20(27)26(12-13-4-2-1-3-5-13)21-25-19-17(24)10-16(23)11-18(19)28-21/h1-11H,12H2. The molecule has 0 saturated carbocycles. The van der Waals surface area contributed by atoms with Crippen molar-refractivity contribution in [3.05, 3.63) is 94.5 Å². The molecular formula is C21H13ClF2N2OS. The van der Waals surface area contributed by atoms with E-state index < -0.39 is 11.6 Å². The van der Waals surface area contributed by atoms with Gasteiger partial charge >= 0.3 is 0 Å². The molecule has 3 nitrogen and oxygen atoms in total. The molecule has 4 rings (SSSR count). The maximum Gasteiger partial charge on any atom is 0.260 e. The molecule has 28 heavy (non-hydrogen) atoms. The summed E-state index contributed by atoms with van der Waals surface area (Å²) in [4.78, 5) is 18.9. The Morgan fingerprint density at radius 1 is 1.04 bits per heavy atom. The number of fused-ring (bicyclic) bond motifs is 1. The molecular weight excluding hydrogens is 402 g/mol. The van der Waals surface area contributed by atoms with E-state index in [4.69, 9.17) is 11.6 Å². The lowest BCUT2D eigenvalue weighted by molar-refractivity contribution is 0.0985. The molecule has 0 unspecified atom stereocenters. The van der Waals surface area contributed by atoms with Crippen molar-refractivity contribution in [3.63, 3.8) is 0 Å². The highest BCUT2D eigenvalue weighted by atomic mass is 35.5. The first kappa shape index (κ1) is 18.5. The maximum absolute atomic E-state index is 14.1. The zero-order valence-electron chi connectivity index (χ0n) is 14.4. The Hall–Kier alpha value is -2.83. The van der Waals surface area contributed by atoms with E-state index >= 15 is 0 Å². The van der Waals surface area contributed by atoms with Gasteiger partial charge in [0.1, 0.15) is 11.3 Å². The number of rotatable bonds is 4. The van der Waals surface area contributed by atoms with Crippen molar-refractivity contribution in [2.75, 3.05) is 4.90 Å². The minimum absolute atomic E-state index is 0.0448. The largest absolute Gasteiger partial charge is 0.279 e. The van der Waals surface area contributed by atoms with Gasteiger partial charge in [0.25, 0.3) is 5.91 Å². The van der Waals surface area contributed by atoms with Crippen LogP contribution in [0, 0.1) is 11.6 Å². The van der Waals surface area contributed by atoms with E-state index in [1.807, 2.05) is 30.3 Å². The number of amides is 1. The summed E-state index contributed by atoms with van der Waals surface area (Å²) >= 11 is 6.98. The summed E-state index contributed by atoms with van der Waals surface area (Å²) in [5, 5.41) is 0.812. The third-order valence-corrected chi connectivity index (χ3v) is 5.43. The topological polar surface area (TPSA) is 33.2 Å². The average Bonchev–Trinajstić information content (AvgIpc) is 3.11. The molecule has 1 amide bonds. The molecule has 1 aromatic heterocycles. The zero-order valence-corrected chi connectivity index (χ0v) is 16.0. The van der Waals surface area contributed by atoms with Crippen LogP contribution in [0.5, 0.6) is 0 Å². The Morgan fingerprint density at radius 2 is 1.75 bits per heavy atom. The smallest absolute Gasteiger partial charge is 0.260 e. The number of benzene rings is 3. The first-order valence-corrected chi connectivity index (χ1v) is 9.57. The number of hydrogen-bond acceptors (Lipinski definition) is 3. The lowest BCUT2D eigenvalue weighted by atomic mass is 10.1. The number of halogens is 3. The highest BCUT2D eigenvalue weighted by molar-refractivity contribution is 7.22. The van der Waals surface area contributed by atoms with Gasteiger partial charge in [-0.05, 0) is 35.9 Å². The second-order valence-corrected chi connectivity index (χ2v) is 7.56. The van der Waals surface area contributed by atoms with E-state index in [1.165, 1.54) is 11.0 Å². The van der Waals surface area contributed by atoms with Crippen molar-refractivity contribution >= 4 is 44.2 Å². The number of thiazole rings is 1. The van der Waals surface area contributed by atoms with Crippen molar-refractivity contribution in [3.8, 4) is 0 Å². The molecule has 0 saturated heterocycles. The fraction of sp³-hybridized carbons (Fsp3) is 0.0476. The predicted molar refractivity (Wildman–Crippen MR) is 108 cm³/mol. The summed E-state index contributed by atoms with van der Waals surface area (Å²) in [5.41, 5.74) is 1.35. The molecule has 1 heterocycles. The number of carbonyl (C=O) groups is 1. The van der Waals surface area contributed by atoms with Gasteiger partial charge in [0.2, 0.25) is 0 Å². The summed E-state index contributed by atoms with van der Waals surface area (Å²) in [6.45, 7) is 0.242. The summed E-state index contributed by atoms with van der Waals surface area (Å²) in [7, 11) is 0. The third-order valence-electron chi connectivity index (χ3n) is 4.15. The van der Waals surface area contributed by atoms with Crippen molar-refractivity contribution in [2.24, 2.45) is 0 Å². The predicted octanol–water partition coefficient (Wildman–Crippen LogP) is 6.07. The van der Waals surface area contributed by atoms with E-state index in [1.54, 1.807) is 24.3 Å². The summed E-state index contributed by atoms with van der Waals surface area (Å²) < 4.78 is 28.0. The van der Waals surface area contributed by atoms with Gasteiger partial charge in [-0.1, -0.05) is 53.3 Å². The summed E-state index contributed by atoms with van der Waals surface area (Å²) in [5.74, 6) is -1.74. The molecule has 0 bridgehead atoms. The van der Waals surface area contributed by atoms with Gasteiger partial charge in [0, 0.05) is 16.7 Å². The normalized spacial score (nSPS) is 11.0. The highest BCUT2D eigenvalue weighted by Crippen LogP contribution is 2.33. The van der Waals surface area contributed by atoms with E-state index in [9.17, 15) is 13.6 Å². The molecule has 0 atom stereocenters. The summed E-state index contributed by atoms with van der Waals surface area (Å²) in [6, 6.07) is 17.9. The molecule has 0 N–H and O–H groups in total. The molecule has 0 aliphatic heterocycles. The molecule has 0 radical (unpaired) electrons. The van der Waals surface area contributed by atoms with Gasteiger partial charge < -0.3 is 0 Å². The average molecular weight is 415 g/mol. The van der Waals surface area contributed by atoms with Crippen molar-refractivity contribution < 1.29 is 13.6 Å². The number of anilines is 1. The van der Waals surface area contributed by atoms with Crippen LogP contribution in [0.15, 0.2) is 66.7 Å². The second kappa shape index (κ2) is 7.66. The highest BCUT2D eigenvalue weighted by Gasteiger charge is 2.23. The first-order chi connectivity index (χ1) is 13.5. The molecule has 4 aromatic rings. The monoisotopic (exact) mass is 414 g/mol. The van der Waals surface area contributed by atoms with Crippen LogP contribution in [-0.2, 0) is 6.54 Å². The molecule has 3 aromatic carbocycles. The van der Waals surface area contributed by atoms with Crippen LogP contribution in [-0.4, -0.2) is 10.9 Å². The Bertz CT molecular complexity index is 1150. The number of aromatic nitrogens is 1. The van der Waals surface area contributed by atoms with Gasteiger partial charge in [-0.25, -0.2) is 13.8 Å². The number of nitrogens with zero attached hydrogens (tertiary/aromatic N) is 2. The van der Waals surface area contributed by atoms with Crippen LogP contribution in [0.1, 0.15) is 15.9 Å². The van der Waals surface area contributed by atoms with Crippen LogP contribution in [0.2, 0.25) is 5.02 Å². The number of hydrogen-bond donors (Lipinski definition) is 0. The van der Waals surface area contributed by atoms with Crippen LogP contribution < -0.4 is 4.90 Å². The fourth-order valence-corrected chi connectivity index (χ4v) is 3.93. The van der Waals surface area contributed by atoms with E-state index in [0.717, 1.165) is 23.0 Å².